The highest BCUT2D eigenvalue weighted by Crippen LogP contribution is 2.33. The van der Waals surface area contributed by atoms with Crippen LogP contribution in [0.4, 0.5) is 9.93 Å². The number of rotatable bonds is 7. The van der Waals surface area contributed by atoms with E-state index < -0.39 is 16.1 Å². The van der Waals surface area contributed by atoms with Gasteiger partial charge in [0.1, 0.15) is 0 Å². The summed E-state index contributed by atoms with van der Waals surface area (Å²) in [6, 6.07) is 10.2. The van der Waals surface area contributed by atoms with E-state index >= 15 is 0 Å². The van der Waals surface area contributed by atoms with E-state index in [9.17, 15) is 18.0 Å². The Labute approximate surface area is 238 Å². The lowest BCUT2D eigenvalue weighted by Gasteiger charge is -2.33. The smallest absolute Gasteiger partial charge is 0.409 e. The minimum Gasteiger partial charge on any atom is -0.450 e. The molecule has 214 valence electrons. The molecular weight excluding hydrogens is 552 g/mol. The number of anilines is 1. The van der Waals surface area contributed by atoms with Gasteiger partial charge in [0.15, 0.2) is 5.13 Å². The molecule has 10 nitrogen and oxygen atoms in total. The summed E-state index contributed by atoms with van der Waals surface area (Å²) in [6.07, 6.45) is 1.31. The summed E-state index contributed by atoms with van der Waals surface area (Å²) in [5, 5.41) is 0.594. The quantitative estimate of drug-likeness (QED) is 0.408. The molecule has 0 aliphatic carbocycles. The van der Waals surface area contributed by atoms with Crippen LogP contribution in [-0.2, 0) is 19.5 Å². The average molecular weight is 587 g/mol. The molecule has 2 aromatic carbocycles. The lowest BCUT2D eigenvalue weighted by Crippen LogP contribution is -2.50. The van der Waals surface area contributed by atoms with E-state index in [1.807, 2.05) is 13.0 Å². The summed E-state index contributed by atoms with van der Waals surface area (Å²) >= 11 is 1.46. The van der Waals surface area contributed by atoms with E-state index in [4.69, 9.17) is 14.5 Å². The van der Waals surface area contributed by atoms with E-state index in [2.05, 4.69) is 13.0 Å². The number of fused-ring (bicyclic) bond motifs is 1. The number of carbonyl (C=O) groups excluding carboxylic acids is 2. The van der Waals surface area contributed by atoms with E-state index in [0.717, 1.165) is 28.6 Å². The van der Waals surface area contributed by atoms with Crippen molar-refractivity contribution in [3.8, 4) is 0 Å². The van der Waals surface area contributed by atoms with Gasteiger partial charge >= 0.3 is 6.09 Å². The van der Waals surface area contributed by atoms with Gasteiger partial charge < -0.3 is 14.4 Å². The minimum absolute atomic E-state index is 0.0765. The maximum atomic E-state index is 13.8. The molecular formula is C28H34N4O6S2. The fourth-order valence-corrected chi connectivity index (χ4v) is 7.40. The monoisotopic (exact) mass is 586 g/mol. The van der Waals surface area contributed by atoms with Crippen LogP contribution in [0, 0.1) is 13.8 Å². The van der Waals surface area contributed by atoms with Crippen LogP contribution in [0.25, 0.3) is 10.2 Å². The Morgan fingerprint density at radius 2 is 1.80 bits per heavy atom. The van der Waals surface area contributed by atoms with Gasteiger partial charge in [0, 0.05) is 38.3 Å². The van der Waals surface area contributed by atoms with Crippen molar-refractivity contribution in [3.05, 3.63) is 53.1 Å². The number of thiazole rings is 1. The van der Waals surface area contributed by atoms with Crippen LogP contribution in [0.5, 0.6) is 0 Å². The number of aromatic nitrogens is 1. The number of piperazine rings is 1. The Morgan fingerprint density at radius 3 is 2.45 bits per heavy atom. The Balaban J connectivity index is 1.35. The number of carbonyl (C=O) groups is 2. The van der Waals surface area contributed by atoms with Crippen LogP contribution < -0.4 is 4.90 Å². The zero-order chi connectivity index (χ0) is 28.4. The van der Waals surface area contributed by atoms with Crippen molar-refractivity contribution in [1.82, 2.24) is 14.2 Å². The number of aryl methyl sites for hydroxylation is 2. The predicted molar refractivity (Wildman–Crippen MR) is 154 cm³/mol. The fourth-order valence-electron chi connectivity index (χ4n) is 4.92. The summed E-state index contributed by atoms with van der Waals surface area (Å²) < 4.78 is 39.8. The van der Waals surface area contributed by atoms with Crippen LogP contribution in [0.15, 0.2) is 41.3 Å². The van der Waals surface area contributed by atoms with Gasteiger partial charge in [0.05, 0.1) is 34.4 Å². The maximum absolute atomic E-state index is 13.8. The number of nitrogens with zero attached hydrogens (tertiary/aromatic N) is 4. The minimum atomic E-state index is -3.78. The molecule has 2 aliphatic heterocycles. The largest absolute Gasteiger partial charge is 0.450 e. The van der Waals surface area contributed by atoms with Gasteiger partial charge in [-0.05, 0) is 81.1 Å². The van der Waals surface area contributed by atoms with E-state index in [0.29, 0.717) is 23.8 Å². The van der Waals surface area contributed by atoms with Crippen molar-refractivity contribution in [1.29, 1.82) is 0 Å². The van der Waals surface area contributed by atoms with Gasteiger partial charge in [0.25, 0.3) is 5.91 Å². The molecule has 0 spiro atoms. The predicted octanol–water partition coefficient (Wildman–Crippen LogP) is 4.20. The number of hydrogen-bond donors (Lipinski definition) is 0. The molecule has 2 fully saturated rings. The zero-order valence-corrected chi connectivity index (χ0v) is 24.6. The van der Waals surface area contributed by atoms with Gasteiger partial charge in [0.2, 0.25) is 10.0 Å². The molecule has 2 saturated heterocycles. The van der Waals surface area contributed by atoms with Crippen molar-refractivity contribution < 1.29 is 27.5 Å². The molecule has 40 heavy (non-hydrogen) atoms. The van der Waals surface area contributed by atoms with Gasteiger partial charge in [-0.3, -0.25) is 9.69 Å². The molecule has 12 heteroatoms. The average Bonchev–Trinajstić information content (AvgIpc) is 3.61. The van der Waals surface area contributed by atoms with E-state index in [1.165, 1.54) is 38.2 Å². The van der Waals surface area contributed by atoms with Gasteiger partial charge in [-0.2, -0.15) is 4.31 Å². The first-order valence-corrected chi connectivity index (χ1v) is 15.8. The third-order valence-corrected chi connectivity index (χ3v) is 10.3. The molecule has 2 amide bonds. The van der Waals surface area contributed by atoms with E-state index in [1.54, 1.807) is 24.0 Å². The molecule has 0 N–H and O–H groups in total. The molecule has 5 rings (SSSR count). The van der Waals surface area contributed by atoms with Crippen LogP contribution in [-0.4, -0.2) is 86.6 Å². The molecule has 1 unspecified atom stereocenters. The summed E-state index contributed by atoms with van der Waals surface area (Å²) in [5.74, 6) is -0.255. The second-order valence-corrected chi connectivity index (χ2v) is 13.0. The van der Waals surface area contributed by atoms with Gasteiger partial charge in [-0.1, -0.05) is 11.3 Å². The lowest BCUT2D eigenvalue weighted by atomic mass is 10.1. The van der Waals surface area contributed by atoms with Gasteiger partial charge in [-0.25, -0.2) is 18.2 Å². The summed E-state index contributed by atoms with van der Waals surface area (Å²) in [4.78, 5) is 33.8. The lowest BCUT2D eigenvalue weighted by molar-refractivity contribution is 0.0916. The Kier molecular flexibility index (Phi) is 8.41. The third kappa shape index (κ3) is 5.85. The van der Waals surface area contributed by atoms with Gasteiger partial charge in [-0.15, -0.1) is 0 Å². The molecule has 2 aliphatic rings. The van der Waals surface area contributed by atoms with Crippen molar-refractivity contribution in [3.63, 3.8) is 0 Å². The summed E-state index contributed by atoms with van der Waals surface area (Å²) in [6.45, 7) is 8.01. The maximum Gasteiger partial charge on any atom is 0.409 e. The van der Waals surface area contributed by atoms with Crippen molar-refractivity contribution >= 4 is 48.7 Å². The molecule has 0 bridgehead atoms. The molecule has 3 aromatic rings. The first kappa shape index (κ1) is 28.5. The number of amides is 2. The van der Waals surface area contributed by atoms with Crippen molar-refractivity contribution in [2.45, 2.75) is 44.6 Å². The van der Waals surface area contributed by atoms with Crippen LogP contribution in [0.3, 0.4) is 0 Å². The van der Waals surface area contributed by atoms with Crippen LogP contribution >= 0.6 is 11.3 Å². The highest BCUT2D eigenvalue weighted by Gasteiger charge is 2.32. The molecule has 1 atom stereocenters. The van der Waals surface area contributed by atoms with Crippen LogP contribution in [0.1, 0.15) is 41.3 Å². The zero-order valence-electron chi connectivity index (χ0n) is 23.0. The summed E-state index contributed by atoms with van der Waals surface area (Å²) in [7, 11) is -3.78. The second-order valence-electron chi connectivity index (χ2n) is 10.1. The third-order valence-electron chi connectivity index (χ3n) is 7.38. The Hall–Kier alpha value is -3.06. The highest BCUT2D eigenvalue weighted by molar-refractivity contribution is 7.89. The van der Waals surface area contributed by atoms with Crippen LogP contribution in [0.2, 0.25) is 0 Å². The Morgan fingerprint density at radius 1 is 1.10 bits per heavy atom. The topological polar surface area (TPSA) is 109 Å². The first-order chi connectivity index (χ1) is 19.2. The Bertz CT molecular complexity index is 1450. The highest BCUT2D eigenvalue weighted by atomic mass is 32.2. The fraction of sp³-hybridized carbons (Fsp3) is 0.464. The molecule has 0 radical (unpaired) electrons. The first-order valence-electron chi connectivity index (χ1n) is 13.5. The molecule has 0 saturated carbocycles. The summed E-state index contributed by atoms with van der Waals surface area (Å²) in [5.41, 5.74) is 3.52. The molecule has 3 heterocycles. The number of hydrogen-bond acceptors (Lipinski definition) is 8. The normalized spacial score (nSPS) is 18.3. The second kappa shape index (κ2) is 11.8. The number of ether oxygens (including phenoxy) is 2. The van der Waals surface area contributed by atoms with E-state index in [-0.39, 0.29) is 49.7 Å². The number of sulfonamides is 1. The standard InChI is InChI=1S/C28H34N4O6S2/c1-4-37-28(34)30-11-13-31(14-12-30)40(35,36)23-9-7-21(8-10-23)26(33)32(18-22-6-5-15-38-22)27-29-24-16-19(2)20(3)17-25(24)39-27/h7-10,16-17,22H,4-6,11-15,18H2,1-3H3. The number of benzene rings is 2. The van der Waals surface area contributed by atoms with Crippen molar-refractivity contribution in [2.24, 2.45) is 0 Å². The SMILES string of the molecule is CCOC(=O)N1CCN(S(=O)(=O)c2ccc(C(=O)N(CC3CCCO3)c3nc4cc(C)c(C)cc4s3)cc2)CC1. The molecule has 1 aromatic heterocycles. The van der Waals surface area contributed by atoms with Crippen molar-refractivity contribution in [2.75, 3.05) is 50.8 Å².